The van der Waals surface area contributed by atoms with Gasteiger partial charge in [-0.05, 0) is 39.3 Å². The Kier molecular flexibility index (Phi) is 5.63. The van der Waals surface area contributed by atoms with Gasteiger partial charge < -0.3 is 15.2 Å². The largest absolute Gasteiger partial charge is 0.491 e. The first kappa shape index (κ1) is 15.0. The minimum atomic E-state index is -0.489. The number of benzene rings is 1. The normalized spacial score (nSPS) is 13.4. The molecule has 0 aliphatic rings. The van der Waals surface area contributed by atoms with Gasteiger partial charge in [0, 0.05) is 12.1 Å². The van der Waals surface area contributed by atoms with E-state index in [2.05, 4.69) is 26.1 Å². The van der Waals surface area contributed by atoms with Crippen LogP contribution in [0.15, 0.2) is 24.3 Å². The van der Waals surface area contributed by atoms with Crippen LogP contribution in [0.1, 0.15) is 32.8 Å². The van der Waals surface area contributed by atoms with Crippen LogP contribution in [-0.4, -0.2) is 29.9 Å². The van der Waals surface area contributed by atoms with Crippen LogP contribution in [0.2, 0.25) is 0 Å². The Balaban J connectivity index is 2.29. The third-order valence-electron chi connectivity index (χ3n) is 3.16. The van der Waals surface area contributed by atoms with Gasteiger partial charge in [-0.1, -0.05) is 24.6 Å². The third kappa shape index (κ3) is 5.52. The molecule has 0 amide bonds. The molecule has 3 heteroatoms. The highest BCUT2D eigenvalue weighted by Gasteiger charge is 2.15. The Morgan fingerprint density at radius 2 is 1.89 bits per heavy atom. The molecular weight excluding hydrogens is 226 g/mol. The molecule has 1 aromatic carbocycles. The lowest BCUT2D eigenvalue weighted by molar-refractivity contribution is 0.0985. The summed E-state index contributed by atoms with van der Waals surface area (Å²) in [5, 5.41) is 13.2. The van der Waals surface area contributed by atoms with Gasteiger partial charge in [-0.2, -0.15) is 0 Å². The van der Waals surface area contributed by atoms with Crippen LogP contribution in [0, 0.1) is 6.92 Å². The fraction of sp³-hybridized carbons (Fsp3) is 0.600. The van der Waals surface area contributed by atoms with E-state index in [0.29, 0.717) is 13.2 Å². The van der Waals surface area contributed by atoms with Crippen LogP contribution in [0.25, 0.3) is 0 Å². The molecule has 18 heavy (non-hydrogen) atoms. The van der Waals surface area contributed by atoms with Gasteiger partial charge in [-0.25, -0.2) is 0 Å². The van der Waals surface area contributed by atoms with E-state index in [4.69, 9.17) is 4.74 Å². The second kappa shape index (κ2) is 6.76. The molecule has 0 saturated carbocycles. The summed E-state index contributed by atoms with van der Waals surface area (Å²) in [4.78, 5) is 0. The first-order chi connectivity index (χ1) is 8.43. The molecule has 0 aliphatic heterocycles. The van der Waals surface area contributed by atoms with Gasteiger partial charge in [0.1, 0.15) is 18.5 Å². The zero-order valence-electron chi connectivity index (χ0n) is 11.9. The van der Waals surface area contributed by atoms with Crippen molar-refractivity contribution in [1.82, 2.24) is 5.32 Å². The minimum absolute atomic E-state index is 0.0604. The monoisotopic (exact) mass is 251 g/mol. The Bertz CT molecular complexity index is 346. The van der Waals surface area contributed by atoms with Crippen molar-refractivity contribution >= 4 is 0 Å². The molecule has 1 unspecified atom stereocenters. The fourth-order valence-corrected chi connectivity index (χ4v) is 1.40. The highest BCUT2D eigenvalue weighted by molar-refractivity contribution is 5.26. The Labute approximate surface area is 110 Å². The molecule has 1 atom stereocenters. The number of β-amino-alcohol motifs (C(OH)–C–C–N with tert-alkyl or cyclic N) is 1. The molecule has 1 aromatic rings. The molecule has 2 N–H and O–H groups in total. The maximum Gasteiger partial charge on any atom is 0.119 e. The Morgan fingerprint density at radius 1 is 1.28 bits per heavy atom. The van der Waals surface area contributed by atoms with Gasteiger partial charge in [0.25, 0.3) is 0 Å². The minimum Gasteiger partial charge on any atom is -0.491 e. The van der Waals surface area contributed by atoms with Gasteiger partial charge >= 0.3 is 0 Å². The Morgan fingerprint density at radius 3 is 2.44 bits per heavy atom. The first-order valence-corrected chi connectivity index (χ1v) is 6.55. The van der Waals surface area contributed by atoms with Crippen molar-refractivity contribution in [1.29, 1.82) is 0 Å². The third-order valence-corrected chi connectivity index (χ3v) is 3.16. The lowest BCUT2D eigenvalue weighted by Crippen LogP contribution is -2.44. The summed E-state index contributed by atoms with van der Waals surface area (Å²) >= 11 is 0. The van der Waals surface area contributed by atoms with Crippen molar-refractivity contribution in [3.05, 3.63) is 29.8 Å². The van der Waals surface area contributed by atoms with E-state index in [9.17, 15) is 5.11 Å². The molecular formula is C15H25NO2. The van der Waals surface area contributed by atoms with Crippen LogP contribution in [-0.2, 0) is 0 Å². The Hall–Kier alpha value is -1.06. The van der Waals surface area contributed by atoms with Gasteiger partial charge in [0.15, 0.2) is 0 Å². The molecule has 0 saturated heterocycles. The zero-order valence-corrected chi connectivity index (χ0v) is 11.9. The summed E-state index contributed by atoms with van der Waals surface area (Å²) in [5.41, 5.74) is 1.26. The van der Waals surface area contributed by atoms with E-state index in [0.717, 1.165) is 12.2 Å². The molecule has 0 heterocycles. The average Bonchev–Trinajstić information content (AvgIpc) is 2.36. The van der Waals surface area contributed by atoms with Gasteiger partial charge in [0.05, 0.1) is 0 Å². The standard InChI is InChI=1S/C15H25NO2/c1-5-15(3,4)16-10-13(17)11-18-14-8-6-12(2)7-9-14/h6-9,13,16-17H,5,10-11H2,1-4H3. The van der Waals surface area contributed by atoms with E-state index in [1.54, 1.807) is 0 Å². The number of rotatable bonds is 7. The van der Waals surface area contributed by atoms with Crippen molar-refractivity contribution in [3.63, 3.8) is 0 Å². The number of aryl methyl sites for hydroxylation is 1. The topological polar surface area (TPSA) is 41.5 Å². The quantitative estimate of drug-likeness (QED) is 0.782. The van der Waals surface area contributed by atoms with Gasteiger partial charge in [-0.3, -0.25) is 0 Å². The molecule has 102 valence electrons. The van der Waals surface area contributed by atoms with E-state index in [1.165, 1.54) is 5.56 Å². The molecule has 0 aliphatic carbocycles. The summed E-state index contributed by atoms with van der Waals surface area (Å²) in [6.07, 6.45) is 0.538. The lowest BCUT2D eigenvalue weighted by Gasteiger charge is -2.26. The van der Waals surface area contributed by atoms with E-state index in [-0.39, 0.29) is 5.54 Å². The smallest absolute Gasteiger partial charge is 0.119 e. The van der Waals surface area contributed by atoms with Crippen molar-refractivity contribution < 1.29 is 9.84 Å². The molecule has 3 nitrogen and oxygen atoms in total. The maximum absolute atomic E-state index is 9.84. The summed E-state index contributed by atoms with van der Waals surface area (Å²) in [5.74, 6) is 0.800. The van der Waals surface area contributed by atoms with Crippen LogP contribution in [0.5, 0.6) is 5.75 Å². The van der Waals surface area contributed by atoms with E-state index >= 15 is 0 Å². The van der Waals surface area contributed by atoms with Crippen LogP contribution in [0.4, 0.5) is 0 Å². The van der Waals surface area contributed by atoms with E-state index < -0.39 is 6.10 Å². The zero-order chi connectivity index (χ0) is 13.6. The maximum atomic E-state index is 9.84. The summed E-state index contributed by atoms with van der Waals surface area (Å²) < 4.78 is 5.53. The van der Waals surface area contributed by atoms with Gasteiger partial charge in [-0.15, -0.1) is 0 Å². The number of aliphatic hydroxyl groups is 1. The summed E-state index contributed by atoms with van der Waals surface area (Å²) in [6, 6.07) is 7.84. The second-order valence-electron chi connectivity index (χ2n) is 5.40. The second-order valence-corrected chi connectivity index (χ2v) is 5.40. The van der Waals surface area contributed by atoms with Crippen molar-refractivity contribution in [2.45, 2.75) is 45.8 Å². The average molecular weight is 251 g/mol. The molecule has 0 bridgehead atoms. The van der Waals surface area contributed by atoms with Crippen molar-refractivity contribution in [3.8, 4) is 5.75 Å². The van der Waals surface area contributed by atoms with Crippen LogP contribution in [0.3, 0.4) is 0 Å². The lowest BCUT2D eigenvalue weighted by atomic mass is 10.0. The molecule has 0 radical (unpaired) electrons. The number of hydrogen-bond acceptors (Lipinski definition) is 3. The molecule has 0 fully saturated rings. The molecule has 1 rings (SSSR count). The molecule has 0 spiro atoms. The number of ether oxygens (including phenoxy) is 1. The predicted octanol–water partition coefficient (Wildman–Crippen LogP) is 2.51. The van der Waals surface area contributed by atoms with Crippen molar-refractivity contribution in [2.75, 3.05) is 13.2 Å². The predicted molar refractivity (Wildman–Crippen MR) is 75.1 cm³/mol. The summed E-state index contributed by atoms with van der Waals surface area (Å²) in [6.45, 7) is 9.28. The first-order valence-electron chi connectivity index (χ1n) is 6.55. The number of hydrogen-bond donors (Lipinski definition) is 2. The van der Waals surface area contributed by atoms with E-state index in [1.807, 2.05) is 31.2 Å². The molecule has 0 aromatic heterocycles. The van der Waals surface area contributed by atoms with Crippen LogP contribution < -0.4 is 10.1 Å². The highest BCUT2D eigenvalue weighted by Crippen LogP contribution is 2.12. The summed E-state index contributed by atoms with van der Waals surface area (Å²) in [7, 11) is 0. The van der Waals surface area contributed by atoms with Crippen molar-refractivity contribution in [2.24, 2.45) is 0 Å². The highest BCUT2D eigenvalue weighted by atomic mass is 16.5. The fourth-order valence-electron chi connectivity index (χ4n) is 1.40. The SMILES string of the molecule is CCC(C)(C)NCC(O)COc1ccc(C)cc1. The number of nitrogens with one attached hydrogen (secondary N) is 1. The van der Waals surface area contributed by atoms with Gasteiger partial charge in [0.2, 0.25) is 0 Å². The number of aliphatic hydroxyl groups excluding tert-OH is 1. The van der Waals surface area contributed by atoms with Crippen LogP contribution >= 0.6 is 0 Å².